The molecule has 18 heavy (non-hydrogen) atoms. The van der Waals surface area contributed by atoms with Gasteiger partial charge in [0.25, 0.3) is 0 Å². The standard InChI is InChI=1S/C12H20N4O2/c1-9-7-14-11(18-9)8-15-12(17)10(2)16-5-3-13-4-6-16/h7,10,13H,3-6,8H2,1-2H3,(H,15,17). The van der Waals surface area contributed by atoms with E-state index in [1.54, 1.807) is 6.20 Å². The van der Waals surface area contributed by atoms with Gasteiger partial charge in [-0.05, 0) is 13.8 Å². The van der Waals surface area contributed by atoms with Gasteiger partial charge in [0.15, 0.2) is 0 Å². The van der Waals surface area contributed by atoms with Gasteiger partial charge in [-0.25, -0.2) is 4.98 Å². The first kappa shape index (κ1) is 13.0. The molecule has 1 aromatic rings. The van der Waals surface area contributed by atoms with E-state index in [-0.39, 0.29) is 11.9 Å². The minimum atomic E-state index is -0.108. The van der Waals surface area contributed by atoms with Gasteiger partial charge in [-0.3, -0.25) is 9.69 Å². The van der Waals surface area contributed by atoms with Crippen molar-refractivity contribution in [3.63, 3.8) is 0 Å². The molecule has 1 aliphatic heterocycles. The number of carbonyl (C=O) groups excluding carboxylic acids is 1. The summed E-state index contributed by atoms with van der Waals surface area (Å²) in [6, 6.07) is -0.108. The lowest BCUT2D eigenvalue weighted by atomic mass is 10.2. The Labute approximate surface area is 107 Å². The van der Waals surface area contributed by atoms with Crippen LogP contribution >= 0.6 is 0 Å². The fourth-order valence-corrected chi connectivity index (χ4v) is 2.03. The summed E-state index contributed by atoms with van der Waals surface area (Å²) in [5.41, 5.74) is 0. The maximum atomic E-state index is 12.0. The molecule has 2 heterocycles. The number of amides is 1. The van der Waals surface area contributed by atoms with Crippen LogP contribution in [0.15, 0.2) is 10.6 Å². The van der Waals surface area contributed by atoms with Crippen molar-refractivity contribution in [2.75, 3.05) is 26.2 Å². The number of aromatic nitrogens is 1. The van der Waals surface area contributed by atoms with Gasteiger partial charge in [0.05, 0.1) is 18.8 Å². The molecule has 0 spiro atoms. The van der Waals surface area contributed by atoms with Gasteiger partial charge in [0.1, 0.15) is 5.76 Å². The largest absolute Gasteiger partial charge is 0.444 e. The highest BCUT2D eigenvalue weighted by atomic mass is 16.4. The lowest BCUT2D eigenvalue weighted by molar-refractivity contribution is -0.126. The summed E-state index contributed by atoms with van der Waals surface area (Å²) in [6.45, 7) is 7.82. The Morgan fingerprint density at radius 2 is 2.33 bits per heavy atom. The molecule has 2 rings (SSSR count). The van der Waals surface area contributed by atoms with Crippen molar-refractivity contribution >= 4 is 5.91 Å². The molecule has 0 radical (unpaired) electrons. The smallest absolute Gasteiger partial charge is 0.237 e. The SMILES string of the molecule is Cc1cnc(CNC(=O)C(C)N2CCNCC2)o1. The quantitative estimate of drug-likeness (QED) is 0.782. The van der Waals surface area contributed by atoms with Crippen molar-refractivity contribution in [1.29, 1.82) is 0 Å². The Bertz CT molecular complexity index is 399. The summed E-state index contributed by atoms with van der Waals surface area (Å²) in [4.78, 5) is 18.2. The molecule has 1 unspecified atom stereocenters. The lowest BCUT2D eigenvalue weighted by Gasteiger charge is -2.31. The highest BCUT2D eigenvalue weighted by molar-refractivity contribution is 5.81. The van der Waals surface area contributed by atoms with Crippen LogP contribution < -0.4 is 10.6 Å². The van der Waals surface area contributed by atoms with Crippen LogP contribution in [0.4, 0.5) is 0 Å². The van der Waals surface area contributed by atoms with Crippen molar-refractivity contribution < 1.29 is 9.21 Å². The molecule has 0 aromatic carbocycles. The predicted molar refractivity (Wildman–Crippen MR) is 67.0 cm³/mol. The summed E-state index contributed by atoms with van der Waals surface area (Å²) >= 11 is 0. The summed E-state index contributed by atoms with van der Waals surface area (Å²) < 4.78 is 5.31. The molecule has 6 heteroatoms. The number of rotatable bonds is 4. The van der Waals surface area contributed by atoms with Gasteiger partial charge >= 0.3 is 0 Å². The zero-order valence-electron chi connectivity index (χ0n) is 10.9. The maximum Gasteiger partial charge on any atom is 0.237 e. The molecule has 1 atom stereocenters. The van der Waals surface area contributed by atoms with Crippen LogP contribution in [0.1, 0.15) is 18.6 Å². The molecule has 1 aliphatic rings. The molecule has 1 amide bonds. The molecule has 6 nitrogen and oxygen atoms in total. The molecule has 2 N–H and O–H groups in total. The van der Waals surface area contributed by atoms with Gasteiger partial charge in [-0.1, -0.05) is 0 Å². The third kappa shape index (κ3) is 3.30. The Balaban J connectivity index is 1.79. The first-order valence-corrected chi connectivity index (χ1v) is 6.30. The number of oxazole rings is 1. The van der Waals surface area contributed by atoms with Gasteiger partial charge < -0.3 is 15.1 Å². The average Bonchev–Trinajstić information content (AvgIpc) is 2.82. The minimum absolute atomic E-state index is 0.0211. The molecule has 100 valence electrons. The Hall–Kier alpha value is -1.40. The molecule has 1 saturated heterocycles. The van der Waals surface area contributed by atoms with Crippen molar-refractivity contribution in [1.82, 2.24) is 20.5 Å². The molecule has 0 aliphatic carbocycles. The summed E-state index contributed by atoms with van der Waals surface area (Å²) in [5.74, 6) is 1.33. The Kier molecular flexibility index (Phi) is 4.33. The maximum absolute atomic E-state index is 12.0. The highest BCUT2D eigenvalue weighted by Crippen LogP contribution is 2.03. The minimum Gasteiger partial charge on any atom is -0.444 e. The third-order valence-electron chi connectivity index (χ3n) is 3.16. The second-order valence-electron chi connectivity index (χ2n) is 4.54. The van der Waals surface area contributed by atoms with E-state index in [1.165, 1.54) is 0 Å². The molecular formula is C12H20N4O2. The first-order valence-electron chi connectivity index (χ1n) is 6.30. The number of hydrogen-bond donors (Lipinski definition) is 2. The van der Waals surface area contributed by atoms with Crippen LogP contribution in [0.2, 0.25) is 0 Å². The van der Waals surface area contributed by atoms with Crippen molar-refractivity contribution in [3.05, 3.63) is 17.8 Å². The van der Waals surface area contributed by atoms with Crippen LogP contribution in [-0.2, 0) is 11.3 Å². The zero-order valence-corrected chi connectivity index (χ0v) is 10.9. The van der Waals surface area contributed by atoms with Crippen molar-refractivity contribution in [2.45, 2.75) is 26.4 Å². The normalized spacial score (nSPS) is 18.6. The third-order valence-corrected chi connectivity index (χ3v) is 3.16. The molecule has 0 saturated carbocycles. The van der Waals surface area contributed by atoms with Gasteiger partial charge in [-0.15, -0.1) is 0 Å². The summed E-state index contributed by atoms with van der Waals surface area (Å²) in [7, 11) is 0. The van der Waals surface area contributed by atoms with Gasteiger partial charge in [0.2, 0.25) is 11.8 Å². The topological polar surface area (TPSA) is 70.4 Å². The van der Waals surface area contributed by atoms with Gasteiger partial charge in [-0.2, -0.15) is 0 Å². The first-order chi connectivity index (χ1) is 8.66. The summed E-state index contributed by atoms with van der Waals surface area (Å²) in [6.07, 6.45) is 1.65. The van der Waals surface area contributed by atoms with E-state index < -0.39 is 0 Å². The van der Waals surface area contributed by atoms with Crippen LogP contribution in [0.5, 0.6) is 0 Å². The summed E-state index contributed by atoms with van der Waals surface area (Å²) in [5, 5.41) is 6.12. The average molecular weight is 252 g/mol. The number of hydrogen-bond acceptors (Lipinski definition) is 5. The van der Waals surface area contributed by atoms with Crippen LogP contribution in [0.25, 0.3) is 0 Å². The monoisotopic (exact) mass is 252 g/mol. The van der Waals surface area contributed by atoms with E-state index in [1.807, 2.05) is 13.8 Å². The van der Waals surface area contributed by atoms with Crippen molar-refractivity contribution in [3.8, 4) is 0 Å². The van der Waals surface area contributed by atoms with Crippen LogP contribution in [-0.4, -0.2) is 48.0 Å². The lowest BCUT2D eigenvalue weighted by Crippen LogP contribution is -2.52. The van der Waals surface area contributed by atoms with Crippen LogP contribution in [0.3, 0.4) is 0 Å². The van der Waals surface area contributed by atoms with E-state index in [0.717, 1.165) is 31.9 Å². The number of nitrogens with one attached hydrogen (secondary N) is 2. The number of aryl methyl sites for hydroxylation is 1. The second-order valence-corrected chi connectivity index (χ2v) is 4.54. The number of carbonyl (C=O) groups is 1. The molecule has 0 bridgehead atoms. The zero-order chi connectivity index (χ0) is 13.0. The predicted octanol–water partition coefficient (Wildman–Crippen LogP) is -0.107. The van der Waals surface area contributed by atoms with E-state index in [2.05, 4.69) is 20.5 Å². The fraction of sp³-hybridized carbons (Fsp3) is 0.667. The van der Waals surface area contributed by atoms with Gasteiger partial charge in [0, 0.05) is 26.2 Å². The van der Waals surface area contributed by atoms with E-state index >= 15 is 0 Å². The second kappa shape index (κ2) is 5.97. The Morgan fingerprint density at radius 1 is 1.61 bits per heavy atom. The van der Waals surface area contributed by atoms with Crippen molar-refractivity contribution in [2.24, 2.45) is 0 Å². The number of nitrogens with zero attached hydrogens (tertiary/aromatic N) is 2. The van der Waals surface area contributed by atoms with E-state index in [9.17, 15) is 4.79 Å². The van der Waals surface area contributed by atoms with Crippen LogP contribution in [0, 0.1) is 6.92 Å². The van der Waals surface area contributed by atoms with E-state index in [0.29, 0.717) is 12.4 Å². The fourth-order valence-electron chi connectivity index (χ4n) is 2.03. The molecular weight excluding hydrogens is 232 g/mol. The molecule has 1 fully saturated rings. The Morgan fingerprint density at radius 3 is 2.94 bits per heavy atom. The highest BCUT2D eigenvalue weighted by Gasteiger charge is 2.22. The molecule has 1 aromatic heterocycles. The van der Waals surface area contributed by atoms with E-state index in [4.69, 9.17) is 4.42 Å². The number of piperazine rings is 1.